The zero-order chi connectivity index (χ0) is 57.1. The maximum absolute atomic E-state index is 15.9. The Balaban J connectivity index is 0.733. The number of nitrogens with zero attached hydrogens (tertiary/aromatic N) is 4. The van der Waals surface area contributed by atoms with Crippen molar-refractivity contribution in [1.29, 1.82) is 0 Å². The predicted octanol–water partition coefficient (Wildman–Crippen LogP) is 8.46. The summed E-state index contributed by atoms with van der Waals surface area (Å²) in [6, 6.07) is 19.9. The number of benzene rings is 4. The fraction of sp³-hybridized carbons (Fsp3) is 0.407. The number of likely N-dealkylation sites (tertiary alicyclic amines) is 1. The molecule has 1 aliphatic carbocycles. The molecule has 2 fully saturated rings. The van der Waals surface area contributed by atoms with Gasteiger partial charge in [0.1, 0.15) is 35.7 Å². The Morgan fingerprint density at radius 3 is 2.17 bits per heavy atom. The van der Waals surface area contributed by atoms with E-state index in [4.69, 9.17) is 29.4 Å². The van der Waals surface area contributed by atoms with Crippen LogP contribution in [0.2, 0.25) is 0 Å². The SMILES string of the molecule is COc1cc2c(Oc3ccc(N(C(=O)C4(C(N)=O)CC4)c4ccc(F)cc4)cc3F)ccnc2cc1OCCCCOCCCCOCC(=O)NC(C(=O)N1CC(O)CC1C(=O)NCc1ccc(-c2scnc2C)cc1)C(C)(C)C. The Morgan fingerprint density at radius 2 is 1.54 bits per heavy atom. The van der Waals surface area contributed by atoms with Crippen LogP contribution < -0.4 is 35.5 Å². The number of hydrogen-bond donors (Lipinski definition) is 4. The van der Waals surface area contributed by atoms with Gasteiger partial charge in [0.2, 0.25) is 29.5 Å². The fourth-order valence-electron chi connectivity index (χ4n) is 9.34. The second-order valence-corrected chi connectivity index (χ2v) is 21.8. The minimum atomic E-state index is -1.43. The number of primary amides is 1. The number of thiazole rings is 1. The number of β-amino-alcohol motifs (C(OH)–C–C–N with tert-alkyl or cyclic N) is 1. The van der Waals surface area contributed by atoms with E-state index in [-0.39, 0.29) is 67.7 Å². The molecule has 21 heteroatoms. The molecule has 3 heterocycles. The molecule has 1 saturated carbocycles. The summed E-state index contributed by atoms with van der Waals surface area (Å²) in [5, 5.41) is 16.8. The Kier molecular flexibility index (Phi) is 19.1. The van der Waals surface area contributed by atoms with Gasteiger partial charge in [-0.2, -0.15) is 0 Å². The fourth-order valence-corrected chi connectivity index (χ4v) is 10.2. The molecule has 4 aromatic carbocycles. The van der Waals surface area contributed by atoms with Gasteiger partial charge in [-0.3, -0.25) is 33.9 Å². The van der Waals surface area contributed by atoms with E-state index < -0.39 is 64.3 Å². The highest BCUT2D eigenvalue weighted by Gasteiger charge is 2.57. The van der Waals surface area contributed by atoms with Gasteiger partial charge in [0, 0.05) is 68.7 Å². The van der Waals surface area contributed by atoms with Gasteiger partial charge in [-0.05, 0) is 111 Å². The van der Waals surface area contributed by atoms with Crippen LogP contribution in [-0.4, -0.2) is 114 Å². The highest BCUT2D eigenvalue weighted by Crippen LogP contribution is 2.49. The Labute approximate surface area is 466 Å². The summed E-state index contributed by atoms with van der Waals surface area (Å²) in [5.41, 5.74) is 8.96. The molecule has 424 valence electrons. The number of fused-ring (bicyclic) bond motifs is 1. The van der Waals surface area contributed by atoms with Crippen LogP contribution in [0.4, 0.5) is 20.2 Å². The highest BCUT2D eigenvalue weighted by molar-refractivity contribution is 7.13. The maximum atomic E-state index is 15.9. The summed E-state index contributed by atoms with van der Waals surface area (Å²) in [6.07, 6.45) is 3.93. The molecule has 3 atom stereocenters. The molecule has 5 amide bonds. The number of nitrogens with two attached hydrogens (primary N) is 1. The number of ether oxygens (including phenoxy) is 5. The second kappa shape index (κ2) is 26.1. The number of aliphatic hydroxyl groups is 1. The van der Waals surface area contributed by atoms with Crippen LogP contribution in [0.1, 0.15) is 77.0 Å². The van der Waals surface area contributed by atoms with E-state index in [1.54, 1.807) is 35.0 Å². The zero-order valence-electron chi connectivity index (χ0n) is 45.4. The van der Waals surface area contributed by atoms with Crippen LogP contribution in [-0.2, 0) is 40.0 Å². The molecule has 0 spiro atoms. The number of pyridine rings is 1. The Hall–Kier alpha value is -7.59. The molecule has 6 aromatic rings. The van der Waals surface area contributed by atoms with Gasteiger partial charge >= 0.3 is 0 Å². The van der Waals surface area contributed by atoms with Gasteiger partial charge in [-0.15, -0.1) is 11.3 Å². The van der Waals surface area contributed by atoms with E-state index in [9.17, 15) is 33.5 Å². The van der Waals surface area contributed by atoms with Crippen molar-refractivity contribution >= 4 is 63.2 Å². The normalized spacial score (nSPS) is 16.0. The number of aliphatic hydroxyl groups excluding tert-OH is 1. The third-order valence-electron chi connectivity index (χ3n) is 14.0. The van der Waals surface area contributed by atoms with Crippen molar-refractivity contribution in [2.45, 2.75) is 97.4 Å². The molecular formula is C59H67F2N7O11S. The van der Waals surface area contributed by atoms with Gasteiger partial charge < -0.3 is 50.1 Å². The first-order valence-corrected chi connectivity index (χ1v) is 27.4. The molecule has 8 rings (SSSR count). The van der Waals surface area contributed by atoms with E-state index in [1.165, 1.54) is 42.5 Å². The number of nitrogens with one attached hydrogen (secondary N) is 2. The van der Waals surface area contributed by atoms with Crippen molar-refractivity contribution in [3.05, 3.63) is 120 Å². The van der Waals surface area contributed by atoms with Gasteiger partial charge in [-0.25, -0.2) is 13.8 Å². The molecule has 5 N–H and O–H groups in total. The number of methoxy groups -OCH3 is 1. The smallest absolute Gasteiger partial charge is 0.247 e. The average molecular weight is 1120 g/mol. The van der Waals surface area contributed by atoms with Crippen molar-refractivity contribution in [1.82, 2.24) is 25.5 Å². The number of halogens is 2. The van der Waals surface area contributed by atoms with Gasteiger partial charge in [0.15, 0.2) is 23.1 Å². The predicted molar refractivity (Wildman–Crippen MR) is 296 cm³/mol. The van der Waals surface area contributed by atoms with E-state index in [0.717, 1.165) is 44.8 Å². The minimum absolute atomic E-state index is 0.0293. The molecule has 0 bridgehead atoms. The third kappa shape index (κ3) is 14.2. The van der Waals surface area contributed by atoms with Crippen LogP contribution in [0.25, 0.3) is 21.3 Å². The molecular weight excluding hydrogens is 1050 g/mol. The lowest BCUT2D eigenvalue weighted by Crippen LogP contribution is -2.58. The Bertz CT molecular complexity index is 3170. The lowest BCUT2D eigenvalue weighted by molar-refractivity contribution is -0.144. The molecule has 1 aliphatic heterocycles. The first-order chi connectivity index (χ1) is 38.4. The number of aromatic nitrogens is 2. The van der Waals surface area contributed by atoms with Crippen molar-refractivity contribution < 1.29 is 61.5 Å². The molecule has 1 saturated heterocycles. The molecule has 80 heavy (non-hydrogen) atoms. The van der Waals surface area contributed by atoms with Crippen LogP contribution >= 0.6 is 11.3 Å². The van der Waals surface area contributed by atoms with Crippen molar-refractivity contribution in [2.75, 3.05) is 51.6 Å². The number of anilines is 2. The third-order valence-corrected chi connectivity index (χ3v) is 15.0. The van der Waals surface area contributed by atoms with Crippen LogP contribution in [0, 0.1) is 29.4 Å². The van der Waals surface area contributed by atoms with Crippen molar-refractivity contribution in [3.63, 3.8) is 0 Å². The Morgan fingerprint density at radius 1 is 0.850 bits per heavy atom. The number of carbonyl (C=O) groups excluding carboxylic acids is 5. The van der Waals surface area contributed by atoms with E-state index in [0.29, 0.717) is 74.5 Å². The second-order valence-electron chi connectivity index (χ2n) is 21.0. The monoisotopic (exact) mass is 1120 g/mol. The maximum Gasteiger partial charge on any atom is 0.247 e. The van der Waals surface area contributed by atoms with Crippen molar-refractivity contribution in [2.24, 2.45) is 16.6 Å². The van der Waals surface area contributed by atoms with Crippen LogP contribution in [0.3, 0.4) is 0 Å². The number of unbranched alkanes of at least 4 members (excludes halogenated alkanes) is 2. The molecule has 18 nitrogen and oxygen atoms in total. The lowest BCUT2D eigenvalue weighted by atomic mass is 9.85. The topological polar surface area (TPSA) is 234 Å². The summed E-state index contributed by atoms with van der Waals surface area (Å²) >= 11 is 1.56. The van der Waals surface area contributed by atoms with E-state index >= 15 is 4.39 Å². The minimum Gasteiger partial charge on any atom is -0.493 e. The first kappa shape index (κ1) is 58.6. The number of carbonyl (C=O) groups is 5. The summed E-state index contributed by atoms with van der Waals surface area (Å²) in [6.45, 7) is 9.03. The molecule has 2 aromatic heterocycles. The van der Waals surface area contributed by atoms with Gasteiger partial charge in [0.05, 0.1) is 47.1 Å². The zero-order valence-corrected chi connectivity index (χ0v) is 46.2. The number of aryl methyl sites for hydroxylation is 1. The first-order valence-electron chi connectivity index (χ1n) is 26.5. The number of amides is 5. The van der Waals surface area contributed by atoms with Crippen LogP contribution in [0.5, 0.6) is 23.0 Å². The van der Waals surface area contributed by atoms with Crippen LogP contribution in [0.15, 0.2) is 96.6 Å². The van der Waals surface area contributed by atoms with Crippen molar-refractivity contribution in [3.8, 4) is 33.4 Å². The molecule has 2 aliphatic rings. The number of hydrogen-bond acceptors (Lipinski definition) is 14. The van der Waals surface area contributed by atoms with E-state index in [2.05, 4.69) is 20.6 Å². The average Bonchev–Trinajstić information content (AvgIpc) is 4.04. The number of rotatable bonds is 26. The van der Waals surface area contributed by atoms with Gasteiger partial charge in [-0.1, -0.05) is 45.0 Å². The summed E-state index contributed by atoms with van der Waals surface area (Å²) in [7, 11) is 1.50. The van der Waals surface area contributed by atoms with E-state index in [1.807, 2.05) is 52.0 Å². The largest absolute Gasteiger partial charge is 0.493 e. The summed E-state index contributed by atoms with van der Waals surface area (Å²) in [4.78, 5) is 78.9. The summed E-state index contributed by atoms with van der Waals surface area (Å²) in [5.74, 6) is -3.10. The summed E-state index contributed by atoms with van der Waals surface area (Å²) < 4.78 is 58.9. The standard InChI is InChI=1S/C59H67F2N7O11S/c1-36-52(80-35-65-36)38-12-10-37(11-13-38)32-64-54(71)46-29-42(69)33-67(46)55(72)53(58(2,3)4)66-51(70)34-77-26-7-6-24-76-25-8-9-27-78-50-31-45-43(30-49(50)75-5)47(20-23-63-45)79-48-19-18-41(28-44(48)61)68(40-16-14-39(60)15-17-40)57(74)59(21-22-59)56(62)73/h10-20,23,28,30-31,35,42,46,53,69H,6-9,21-22,24-27,29,32-34H2,1-5H3,(H2,62,73)(H,64,71)(H,66,70). The molecule has 0 radical (unpaired) electrons. The quantitative estimate of drug-likeness (QED) is 0.0295. The molecule has 3 unspecified atom stereocenters. The lowest BCUT2D eigenvalue weighted by Gasteiger charge is -2.35. The highest BCUT2D eigenvalue weighted by atomic mass is 32.1. The van der Waals surface area contributed by atoms with Gasteiger partial charge in [0.25, 0.3) is 0 Å².